The van der Waals surface area contributed by atoms with Gasteiger partial charge in [-0.1, -0.05) is 6.92 Å². The van der Waals surface area contributed by atoms with Crippen molar-refractivity contribution < 1.29 is 4.74 Å². The van der Waals surface area contributed by atoms with Crippen LogP contribution in [0.3, 0.4) is 0 Å². The third kappa shape index (κ3) is 2.21. The first-order valence-electron chi connectivity index (χ1n) is 4.63. The maximum absolute atomic E-state index is 7.64. The highest BCUT2D eigenvalue weighted by molar-refractivity contribution is 5.78. The fourth-order valence-corrected chi connectivity index (χ4v) is 1.59. The van der Waals surface area contributed by atoms with E-state index in [0.29, 0.717) is 6.10 Å². The number of rotatable bonds is 2. The van der Waals surface area contributed by atoms with Crippen molar-refractivity contribution in [2.75, 3.05) is 20.2 Å². The van der Waals surface area contributed by atoms with Crippen LogP contribution in [-0.4, -0.2) is 37.0 Å². The molecule has 0 radical (unpaired) electrons. The molecule has 0 aromatic rings. The Bertz CT molecular complexity index is 151. The lowest BCUT2D eigenvalue weighted by Gasteiger charge is -2.32. The second-order valence-corrected chi connectivity index (χ2v) is 3.22. The highest BCUT2D eigenvalue weighted by atomic mass is 16.5. The fraction of sp³-hybridized carbons (Fsp3) is 0.889. The summed E-state index contributed by atoms with van der Waals surface area (Å²) in [4.78, 5) is 2.15. The van der Waals surface area contributed by atoms with Gasteiger partial charge in [0, 0.05) is 26.6 Å². The number of nitrogens with one attached hydrogen (secondary N) is 1. The van der Waals surface area contributed by atoms with Crippen LogP contribution in [0.25, 0.3) is 0 Å². The molecule has 0 unspecified atom stereocenters. The predicted octanol–water partition coefficient (Wildman–Crippen LogP) is 1.48. The lowest BCUT2D eigenvalue weighted by atomic mass is 10.1. The Morgan fingerprint density at radius 3 is 2.50 bits per heavy atom. The van der Waals surface area contributed by atoms with E-state index in [-0.39, 0.29) is 0 Å². The summed E-state index contributed by atoms with van der Waals surface area (Å²) in [6.07, 6.45) is 3.40. The van der Waals surface area contributed by atoms with Gasteiger partial charge in [-0.25, -0.2) is 0 Å². The zero-order valence-electron chi connectivity index (χ0n) is 7.97. The number of amidine groups is 1. The van der Waals surface area contributed by atoms with Gasteiger partial charge in [0.25, 0.3) is 0 Å². The van der Waals surface area contributed by atoms with E-state index < -0.39 is 0 Å². The second-order valence-electron chi connectivity index (χ2n) is 3.22. The van der Waals surface area contributed by atoms with Crippen molar-refractivity contribution in [3.8, 4) is 0 Å². The van der Waals surface area contributed by atoms with Crippen LogP contribution in [0.15, 0.2) is 0 Å². The van der Waals surface area contributed by atoms with E-state index in [4.69, 9.17) is 10.1 Å². The topological polar surface area (TPSA) is 36.3 Å². The van der Waals surface area contributed by atoms with Crippen molar-refractivity contribution in [3.63, 3.8) is 0 Å². The molecule has 70 valence electrons. The van der Waals surface area contributed by atoms with Gasteiger partial charge in [-0.15, -0.1) is 0 Å². The van der Waals surface area contributed by atoms with E-state index in [2.05, 4.69) is 4.90 Å². The molecule has 1 fully saturated rings. The van der Waals surface area contributed by atoms with Crippen molar-refractivity contribution >= 4 is 5.84 Å². The molecule has 3 heteroatoms. The summed E-state index contributed by atoms with van der Waals surface area (Å²) in [7, 11) is 1.77. The van der Waals surface area contributed by atoms with E-state index >= 15 is 0 Å². The number of methoxy groups -OCH3 is 1. The van der Waals surface area contributed by atoms with Crippen molar-refractivity contribution in [1.29, 1.82) is 5.41 Å². The Hall–Kier alpha value is -0.570. The molecule has 0 bridgehead atoms. The molecule has 0 aromatic heterocycles. The molecule has 0 amide bonds. The van der Waals surface area contributed by atoms with Gasteiger partial charge in [0.1, 0.15) is 0 Å². The Kier molecular flexibility index (Phi) is 3.53. The molecule has 12 heavy (non-hydrogen) atoms. The molecule has 1 rings (SSSR count). The number of ether oxygens (including phenoxy) is 1. The molecular weight excluding hydrogens is 152 g/mol. The average Bonchev–Trinajstić information content (AvgIpc) is 2.17. The van der Waals surface area contributed by atoms with Gasteiger partial charge in [-0.05, 0) is 12.8 Å². The van der Waals surface area contributed by atoms with Gasteiger partial charge in [0.05, 0.1) is 11.9 Å². The molecule has 3 nitrogen and oxygen atoms in total. The number of nitrogens with zero attached hydrogens (tertiary/aromatic N) is 1. The smallest absolute Gasteiger partial charge is 0.0954 e. The Morgan fingerprint density at radius 2 is 2.08 bits per heavy atom. The van der Waals surface area contributed by atoms with E-state index in [9.17, 15) is 0 Å². The summed E-state index contributed by atoms with van der Waals surface area (Å²) >= 11 is 0. The molecule has 0 atom stereocenters. The van der Waals surface area contributed by atoms with E-state index in [0.717, 1.165) is 38.2 Å². The summed E-state index contributed by atoms with van der Waals surface area (Å²) < 4.78 is 5.26. The van der Waals surface area contributed by atoms with Crippen molar-refractivity contribution in [2.45, 2.75) is 32.3 Å². The summed E-state index contributed by atoms with van der Waals surface area (Å²) in [5.41, 5.74) is 0. The van der Waals surface area contributed by atoms with Crippen LogP contribution in [0, 0.1) is 5.41 Å². The highest BCUT2D eigenvalue weighted by Gasteiger charge is 2.19. The van der Waals surface area contributed by atoms with Crippen LogP contribution >= 0.6 is 0 Å². The minimum absolute atomic E-state index is 0.422. The normalized spacial score (nSPS) is 19.7. The zero-order valence-corrected chi connectivity index (χ0v) is 7.97. The average molecular weight is 170 g/mol. The molecule has 0 aromatic carbocycles. The van der Waals surface area contributed by atoms with Crippen molar-refractivity contribution in [3.05, 3.63) is 0 Å². The van der Waals surface area contributed by atoms with E-state index in [1.54, 1.807) is 7.11 Å². The van der Waals surface area contributed by atoms with Gasteiger partial charge in [-0.3, -0.25) is 5.41 Å². The van der Waals surface area contributed by atoms with E-state index in [1.165, 1.54) is 0 Å². The van der Waals surface area contributed by atoms with Gasteiger partial charge < -0.3 is 9.64 Å². The van der Waals surface area contributed by atoms with Crippen LogP contribution in [-0.2, 0) is 4.74 Å². The van der Waals surface area contributed by atoms with Gasteiger partial charge in [0.15, 0.2) is 0 Å². The molecular formula is C9H18N2O. The first-order chi connectivity index (χ1) is 5.77. The first kappa shape index (κ1) is 9.52. The summed E-state index contributed by atoms with van der Waals surface area (Å²) in [6, 6.07) is 0. The van der Waals surface area contributed by atoms with Crippen molar-refractivity contribution in [1.82, 2.24) is 4.90 Å². The van der Waals surface area contributed by atoms with Crippen LogP contribution in [0.1, 0.15) is 26.2 Å². The van der Waals surface area contributed by atoms with E-state index in [1.807, 2.05) is 6.92 Å². The fourth-order valence-electron chi connectivity index (χ4n) is 1.59. The lowest BCUT2D eigenvalue weighted by molar-refractivity contribution is 0.0573. The molecule has 0 aliphatic carbocycles. The SMILES string of the molecule is CCC(=N)N1CCC(OC)CC1. The molecule has 1 aliphatic heterocycles. The quantitative estimate of drug-likeness (QED) is 0.503. The van der Waals surface area contributed by atoms with Crippen LogP contribution in [0.4, 0.5) is 0 Å². The van der Waals surface area contributed by atoms with Gasteiger partial charge in [-0.2, -0.15) is 0 Å². The molecule has 1 N–H and O–H groups in total. The zero-order chi connectivity index (χ0) is 8.97. The molecule has 1 heterocycles. The van der Waals surface area contributed by atoms with Crippen LogP contribution < -0.4 is 0 Å². The van der Waals surface area contributed by atoms with Crippen LogP contribution in [0.5, 0.6) is 0 Å². The van der Waals surface area contributed by atoms with Crippen molar-refractivity contribution in [2.24, 2.45) is 0 Å². The third-order valence-electron chi connectivity index (χ3n) is 2.49. The standard InChI is InChI=1S/C9H18N2O/c1-3-9(10)11-6-4-8(12-2)5-7-11/h8,10H,3-7H2,1-2H3. The number of hydrogen-bond acceptors (Lipinski definition) is 2. The molecule has 0 saturated carbocycles. The second kappa shape index (κ2) is 4.45. The minimum atomic E-state index is 0.422. The number of piperidine rings is 1. The summed E-state index contributed by atoms with van der Waals surface area (Å²) in [5.74, 6) is 0.768. The Labute approximate surface area is 74.2 Å². The molecule has 1 saturated heterocycles. The minimum Gasteiger partial charge on any atom is -0.381 e. The van der Waals surface area contributed by atoms with Crippen LogP contribution in [0.2, 0.25) is 0 Å². The predicted molar refractivity (Wildman–Crippen MR) is 49.6 cm³/mol. The largest absolute Gasteiger partial charge is 0.381 e. The third-order valence-corrected chi connectivity index (χ3v) is 2.49. The number of likely N-dealkylation sites (tertiary alicyclic amines) is 1. The van der Waals surface area contributed by atoms with Gasteiger partial charge in [0.2, 0.25) is 0 Å². The Balaban J connectivity index is 2.30. The lowest BCUT2D eigenvalue weighted by Crippen LogP contribution is -2.39. The monoisotopic (exact) mass is 170 g/mol. The Morgan fingerprint density at radius 1 is 1.50 bits per heavy atom. The number of hydrogen-bond donors (Lipinski definition) is 1. The summed E-state index contributed by atoms with van der Waals surface area (Å²) in [6.45, 7) is 4.01. The molecule has 0 spiro atoms. The molecule has 1 aliphatic rings. The highest BCUT2D eigenvalue weighted by Crippen LogP contribution is 2.13. The maximum Gasteiger partial charge on any atom is 0.0954 e. The maximum atomic E-state index is 7.64. The summed E-state index contributed by atoms with van der Waals surface area (Å²) in [5, 5.41) is 7.64. The van der Waals surface area contributed by atoms with Gasteiger partial charge >= 0.3 is 0 Å². The first-order valence-corrected chi connectivity index (χ1v) is 4.63.